The lowest BCUT2D eigenvalue weighted by atomic mass is 10.1. The van der Waals surface area contributed by atoms with Gasteiger partial charge in [-0.3, -0.25) is 4.79 Å². The number of benzene rings is 1. The number of nitrogens with zero attached hydrogens (tertiary/aromatic N) is 3. The van der Waals surface area contributed by atoms with Crippen molar-refractivity contribution in [1.82, 2.24) is 4.57 Å². The smallest absolute Gasteiger partial charge is 0.350 e. The summed E-state index contributed by atoms with van der Waals surface area (Å²) in [7, 11) is 0. The number of hydrogen-bond acceptors (Lipinski definition) is 5. The Labute approximate surface area is 161 Å². The second-order valence-electron chi connectivity index (χ2n) is 6.43. The number of rotatable bonds is 4. The van der Waals surface area contributed by atoms with Crippen molar-refractivity contribution >= 4 is 23.2 Å². The van der Waals surface area contributed by atoms with E-state index in [0.29, 0.717) is 27.4 Å². The summed E-state index contributed by atoms with van der Waals surface area (Å²) in [6, 6.07) is 8.65. The molecule has 1 aliphatic carbocycles. The lowest BCUT2D eigenvalue weighted by Crippen LogP contribution is -2.22. The van der Waals surface area contributed by atoms with Gasteiger partial charge in [0.25, 0.3) is 5.91 Å². The Morgan fingerprint density at radius 1 is 1.30 bits per heavy atom. The zero-order chi connectivity index (χ0) is 19.4. The molecule has 0 aliphatic heterocycles. The van der Waals surface area contributed by atoms with Gasteiger partial charge in [0, 0.05) is 17.3 Å². The third-order valence-corrected chi connectivity index (χ3v) is 5.83. The Morgan fingerprint density at radius 3 is 2.56 bits per heavy atom. The van der Waals surface area contributed by atoms with Gasteiger partial charge in [-0.25, -0.2) is 4.79 Å². The second kappa shape index (κ2) is 8.31. The van der Waals surface area contributed by atoms with E-state index in [4.69, 9.17) is 10.00 Å². The van der Waals surface area contributed by atoms with Crippen molar-refractivity contribution in [3.05, 3.63) is 50.8 Å². The molecule has 27 heavy (non-hydrogen) atoms. The van der Waals surface area contributed by atoms with Gasteiger partial charge in [0.05, 0.1) is 18.2 Å². The molecule has 0 saturated heterocycles. The van der Waals surface area contributed by atoms with Crippen LogP contribution in [-0.4, -0.2) is 23.1 Å². The number of hydrogen-bond donors (Lipinski definition) is 0. The number of thiazole rings is 1. The molecule has 1 heterocycles. The molecule has 0 bridgehead atoms. The van der Waals surface area contributed by atoms with Crippen molar-refractivity contribution in [3.8, 4) is 6.07 Å². The Morgan fingerprint density at radius 2 is 1.96 bits per heavy atom. The number of aromatic nitrogens is 1. The molecule has 0 unspecified atom stereocenters. The highest BCUT2D eigenvalue weighted by Gasteiger charge is 2.25. The molecule has 1 aromatic carbocycles. The average Bonchev–Trinajstić information content (AvgIpc) is 3.30. The maximum atomic E-state index is 12.6. The molecule has 6 nitrogen and oxygen atoms in total. The molecule has 7 heteroatoms. The van der Waals surface area contributed by atoms with Crippen LogP contribution in [0.1, 0.15) is 69.9 Å². The van der Waals surface area contributed by atoms with Crippen LogP contribution in [0.15, 0.2) is 29.3 Å². The molecule has 3 rings (SSSR count). The van der Waals surface area contributed by atoms with Crippen molar-refractivity contribution in [2.45, 2.75) is 45.6 Å². The first-order valence-corrected chi connectivity index (χ1v) is 9.85. The van der Waals surface area contributed by atoms with Crippen LogP contribution in [0.4, 0.5) is 0 Å². The van der Waals surface area contributed by atoms with Crippen LogP contribution < -0.4 is 4.80 Å². The van der Waals surface area contributed by atoms with Crippen molar-refractivity contribution in [2.75, 3.05) is 6.61 Å². The fourth-order valence-corrected chi connectivity index (χ4v) is 4.44. The number of amides is 1. The van der Waals surface area contributed by atoms with Gasteiger partial charge in [-0.05, 0) is 51.0 Å². The van der Waals surface area contributed by atoms with Crippen LogP contribution >= 0.6 is 11.3 Å². The Kier molecular flexibility index (Phi) is 5.87. The molecule has 0 atom stereocenters. The molecule has 1 fully saturated rings. The topological polar surface area (TPSA) is 84.4 Å². The third-order valence-electron chi connectivity index (χ3n) is 4.70. The van der Waals surface area contributed by atoms with Gasteiger partial charge >= 0.3 is 5.97 Å². The van der Waals surface area contributed by atoms with Crippen LogP contribution in [0.3, 0.4) is 0 Å². The highest BCUT2D eigenvalue weighted by molar-refractivity contribution is 7.11. The van der Waals surface area contributed by atoms with Gasteiger partial charge in [0.2, 0.25) is 0 Å². The highest BCUT2D eigenvalue weighted by Crippen LogP contribution is 2.31. The molecule has 1 aromatic heterocycles. The van der Waals surface area contributed by atoms with Gasteiger partial charge in [0.15, 0.2) is 4.80 Å². The van der Waals surface area contributed by atoms with Gasteiger partial charge < -0.3 is 9.30 Å². The van der Waals surface area contributed by atoms with Crippen molar-refractivity contribution < 1.29 is 14.3 Å². The van der Waals surface area contributed by atoms with Crippen LogP contribution in [0.2, 0.25) is 0 Å². The third kappa shape index (κ3) is 4.01. The van der Waals surface area contributed by atoms with E-state index in [9.17, 15) is 9.59 Å². The molecule has 2 aromatic rings. The van der Waals surface area contributed by atoms with E-state index < -0.39 is 0 Å². The van der Waals surface area contributed by atoms with Crippen LogP contribution in [0.25, 0.3) is 0 Å². The van der Waals surface area contributed by atoms with Crippen LogP contribution in [0.5, 0.6) is 0 Å². The second-order valence-corrected chi connectivity index (χ2v) is 7.41. The maximum absolute atomic E-state index is 12.6. The first-order chi connectivity index (χ1) is 13.0. The van der Waals surface area contributed by atoms with Crippen molar-refractivity contribution in [2.24, 2.45) is 4.99 Å². The minimum absolute atomic E-state index is 0.247. The number of ether oxygens (including phenoxy) is 1. The molecule has 0 N–H and O–H groups in total. The largest absolute Gasteiger partial charge is 0.462 e. The highest BCUT2D eigenvalue weighted by atomic mass is 32.1. The van der Waals surface area contributed by atoms with E-state index in [2.05, 4.69) is 4.99 Å². The molecule has 1 saturated carbocycles. The molecule has 140 valence electrons. The first kappa shape index (κ1) is 19.1. The summed E-state index contributed by atoms with van der Waals surface area (Å²) >= 11 is 1.20. The van der Waals surface area contributed by atoms with Gasteiger partial charge in [-0.1, -0.05) is 24.2 Å². The van der Waals surface area contributed by atoms with E-state index in [1.807, 2.05) is 17.6 Å². The normalized spacial score (nSPS) is 14.9. The van der Waals surface area contributed by atoms with E-state index in [1.165, 1.54) is 11.3 Å². The summed E-state index contributed by atoms with van der Waals surface area (Å²) in [5.74, 6) is -0.762. The molecule has 1 aliphatic rings. The number of esters is 1. The van der Waals surface area contributed by atoms with Crippen LogP contribution in [-0.2, 0) is 4.74 Å². The van der Waals surface area contributed by atoms with E-state index >= 15 is 0 Å². The number of carbonyl (C=O) groups is 2. The quantitative estimate of drug-likeness (QED) is 0.753. The van der Waals surface area contributed by atoms with Gasteiger partial charge in [0.1, 0.15) is 4.88 Å². The molecular weight excluding hydrogens is 362 g/mol. The van der Waals surface area contributed by atoms with Crippen molar-refractivity contribution in [1.29, 1.82) is 5.26 Å². The van der Waals surface area contributed by atoms with E-state index in [0.717, 1.165) is 31.4 Å². The average molecular weight is 383 g/mol. The SMILES string of the molecule is CCOC(=O)c1sc(=NC(=O)c2ccc(C#N)cc2)n(C2CCCC2)c1C. The minimum Gasteiger partial charge on any atom is -0.462 e. The summed E-state index contributed by atoms with van der Waals surface area (Å²) in [5, 5.41) is 8.89. The predicted octanol–water partition coefficient (Wildman–Crippen LogP) is 3.76. The monoisotopic (exact) mass is 383 g/mol. The summed E-state index contributed by atoms with van der Waals surface area (Å²) in [5.41, 5.74) is 1.71. The Hall–Kier alpha value is -2.72. The first-order valence-electron chi connectivity index (χ1n) is 9.03. The summed E-state index contributed by atoms with van der Waals surface area (Å²) in [6.07, 6.45) is 4.28. The van der Waals surface area contributed by atoms with Crippen LogP contribution in [0, 0.1) is 18.3 Å². The summed E-state index contributed by atoms with van der Waals surface area (Å²) in [6.45, 7) is 3.95. The molecule has 0 spiro atoms. The fourth-order valence-electron chi connectivity index (χ4n) is 3.36. The fraction of sp³-hybridized carbons (Fsp3) is 0.400. The van der Waals surface area contributed by atoms with E-state index in [1.54, 1.807) is 31.2 Å². The maximum Gasteiger partial charge on any atom is 0.350 e. The Bertz CT molecular complexity index is 958. The van der Waals surface area contributed by atoms with Gasteiger partial charge in [-0.15, -0.1) is 0 Å². The Balaban J connectivity index is 2.05. The standard InChI is InChI=1S/C20H21N3O3S/c1-3-26-19(25)17-13(2)23(16-6-4-5-7-16)20(27-17)22-18(24)15-10-8-14(12-21)9-11-15/h8-11,16H,3-7H2,1-2H3. The lowest BCUT2D eigenvalue weighted by Gasteiger charge is -2.14. The molecular formula is C20H21N3O3S. The summed E-state index contributed by atoms with van der Waals surface area (Å²) in [4.78, 5) is 30.2. The summed E-state index contributed by atoms with van der Waals surface area (Å²) < 4.78 is 7.18. The molecule has 0 radical (unpaired) electrons. The van der Waals surface area contributed by atoms with Gasteiger partial charge in [-0.2, -0.15) is 10.3 Å². The number of nitriles is 1. The number of carbonyl (C=O) groups excluding carboxylic acids is 2. The molecule has 1 amide bonds. The lowest BCUT2D eigenvalue weighted by molar-refractivity contribution is 0.0530. The van der Waals surface area contributed by atoms with Crippen molar-refractivity contribution in [3.63, 3.8) is 0 Å². The predicted molar refractivity (Wildman–Crippen MR) is 102 cm³/mol. The zero-order valence-electron chi connectivity index (χ0n) is 15.4. The minimum atomic E-state index is -0.386. The van der Waals surface area contributed by atoms with E-state index in [-0.39, 0.29) is 17.9 Å². The zero-order valence-corrected chi connectivity index (χ0v) is 16.2.